The average molecular weight is 439 g/mol. The first-order chi connectivity index (χ1) is 16.0. The summed E-state index contributed by atoms with van der Waals surface area (Å²) in [5.74, 6) is -0.819. The molecule has 0 heterocycles. The highest BCUT2D eigenvalue weighted by molar-refractivity contribution is 6.06. The molecule has 164 valence electrons. The van der Waals surface area contributed by atoms with Gasteiger partial charge in [-0.05, 0) is 35.2 Å². The van der Waals surface area contributed by atoms with Gasteiger partial charge in [-0.25, -0.2) is 0 Å². The van der Waals surface area contributed by atoms with Gasteiger partial charge in [0, 0.05) is 17.4 Å². The molecule has 4 aromatic rings. The number of methoxy groups -OCH3 is 1. The van der Waals surface area contributed by atoms with Gasteiger partial charge in [0.2, 0.25) is 0 Å². The largest absolute Gasteiger partial charge is 0.505 e. The van der Waals surface area contributed by atoms with Gasteiger partial charge in [-0.1, -0.05) is 54.6 Å². The maximum atomic E-state index is 12.7. The van der Waals surface area contributed by atoms with Crippen molar-refractivity contribution in [1.29, 1.82) is 0 Å². The highest BCUT2D eigenvalue weighted by atomic mass is 16.5. The predicted molar refractivity (Wildman–Crippen MR) is 126 cm³/mol. The number of Topliss-reactive ketones (excluding diaryl/α,β-unsaturated/α-hetero) is 1. The topological polar surface area (TPSA) is 114 Å². The number of rotatable bonds is 7. The van der Waals surface area contributed by atoms with Crippen molar-refractivity contribution >= 4 is 33.8 Å². The predicted octanol–water partition coefficient (Wildman–Crippen LogP) is 5.49. The Morgan fingerprint density at radius 3 is 2.39 bits per heavy atom. The number of ketones is 1. The molecule has 0 aliphatic rings. The normalized spacial score (nSPS) is 11.1. The number of benzene rings is 4. The van der Waals surface area contributed by atoms with Gasteiger partial charge in [0.15, 0.2) is 11.5 Å². The highest BCUT2D eigenvalue weighted by Gasteiger charge is 2.17. The van der Waals surface area contributed by atoms with Crippen LogP contribution < -0.4 is 10.5 Å². The molecule has 0 unspecified atom stereocenters. The summed E-state index contributed by atoms with van der Waals surface area (Å²) in [5, 5.41) is 20.3. The summed E-state index contributed by atoms with van der Waals surface area (Å²) in [5.41, 5.74) is 7.24. The molecule has 0 spiro atoms. The summed E-state index contributed by atoms with van der Waals surface area (Å²) in [7, 11) is 1.47. The zero-order valence-electron chi connectivity index (χ0n) is 17.9. The first-order valence-corrected chi connectivity index (χ1v) is 10.2. The summed E-state index contributed by atoms with van der Waals surface area (Å²) < 4.78 is 5.41. The second kappa shape index (κ2) is 9.32. The Hall–Kier alpha value is -4.52. The van der Waals surface area contributed by atoms with Gasteiger partial charge in [0.05, 0.1) is 12.7 Å². The van der Waals surface area contributed by atoms with Crippen LogP contribution in [0.3, 0.4) is 0 Å². The first kappa shape index (κ1) is 21.7. The highest BCUT2D eigenvalue weighted by Crippen LogP contribution is 2.40. The molecule has 1 amide bonds. The number of amides is 1. The minimum Gasteiger partial charge on any atom is -0.505 e. The van der Waals surface area contributed by atoms with Crippen LogP contribution in [0.1, 0.15) is 26.3 Å². The van der Waals surface area contributed by atoms with Gasteiger partial charge in [-0.15, -0.1) is 10.2 Å². The fraction of sp³-hybridized carbons (Fsp3) is 0.0769. The minimum absolute atomic E-state index is 0.0449. The van der Waals surface area contributed by atoms with E-state index in [9.17, 15) is 14.7 Å². The van der Waals surface area contributed by atoms with E-state index >= 15 is 0 Å². The number of hydrogen-bond donors (Lipinski definition) is 2. The number of azo groups is 1. The Kier molecular flexibility index (Phi) is 6.13. The van der Waals surface area contributed by atoms with Crippen molar-refractivity contribution in [1.82, 2.24) is 0 Å². The SMILES string of the molecule is COc1cc(C(=O)Cc2ccccc2)ccc1N=Nc1c(O)c(C(N)=O)cc2ccccc12. The van der Waals surface area contributed by atoms with E-state index in [1.54, 1.807) is 42.5 Å². The van der Waals surface area contributed by atoms with Crippen LogP contribution in [0.2, 0.25) is 0 Å². The number of hydrogen-bond acceptors (Lipinski definition) is 6. The molecule has 0 saturated heterocycles. The molecule has 0 aromatic heterocycles. The molecule has 7 nitrogen and oxygen atoms in total. The van der Waals surface area contributed by atoms with E-state index in [1.165, 1.54) is 13.2 Å². The van der Waals surface area contributed by atoms with Crippen LogP contribution in [0.5, 0.6) is 11.5 Å². The smallest absolute Gasteiger partial charge is 0.252 e. The van der Waals surface area contributed by atoms with Crippen molar-refractivity contribution in [2.75, 3.05) is 7.11 Å². The van der Waals surface area contributed by atoms with Crippen LogP contribution in [0.15, 0.2) is 89.1 Å². The number of nitrogens with two attached hydrogens (primary N) is 1. The number of phenols is 1. The van der Waals surface area contributed by atoms with Crippen LogP contribution in [-0.4, -0.2) is 23.9 Å². The number of primary amides is 1. The lowest BCUT2D eigenvalue weighted by Gasteiger charge is -2.09. The molecule has 0 bridgehead atoms. The lowest BCUT2D eigenvalue weighted by atomic mass is 10.0. The van der Waals surface area contributed by atoms with E-state index in [-0.39, 0.29) is 29.2 Å². The molecule has 0 aliphatic heterocycles. The van der Waals surface area contributed by atoms with Gasteiger partial charge < -0.3 is 15.6 Å². The minimum atomic E-state index is -0.770. The van der Waals surface area contributed by atoms with E-state index in [1.807, 2.05) is 30.3 Å². The number of carbonyl (C=O) groups is 2. The molecule has 3 N–H and O–H groups in total. The number of fused-ring (bicyclic) bond motifs is 1. The van der Waals surface area contributed by atoms with Gasteiger partial charge in [0.25, 0.3) is 5.91 Å². The Labute approximate surface area is 190 Å². The number of carbonyl (C=O) groups excluding carboxylic acids is 2. The second-order valence-corrected chi connectivity index (χ2v) is 7.38. The van der Waals surface area contributed by atoms with Crippen molar-refractivity contribution in [3.05, 3.63) is 95.6 Å². The fourth-order valence-electron chi connectivity index (χ4n) is 3.53. The summed E-state index contributed by atoms with van der Waals surface area (Å²) in [6.07, 6.45) is 0.268. The zero-order valence-corrected chi connectivity index (χ0v) is 17.9. The number of ether oxygens (including phenoxy) is 1. The molecule has 7 heteroatoms. The third-order valence-corrected chi connectivity index (χ3v) is 5.23. The van der Waals surface area contributed by atoms with Gasteiger partial charge >= 0.3 is 0 Å². The maximum absolute atomic E-state index is 12.7. The van der Waals surface area contributed by atoms with Crippen LogP contribution in [0, 0.1) is 0 Å². The van der Waals surface area contributed by atoms with Gasteiger partial charge in [0.1, 0.15) is 17.1 Å². The van der Waals surface area contributed by atoms with Crippen LogP contribution in [-0.2, 0) is 6.42 Å². The Morgan fingerprint density at radius 1 is 0.939 bits per heavy atom. The molecule has 0 radical (unpaired) electrons. The average Bonchev–Trinajstić information content (AvgIpc) is 2.83. The van der Waals surface area contributed by atoms with Crippen molar-refractivity contribution in [3.8, 4) is 11.5 Å². The standard InChI is InChI=1S/C26H21N3O4/c1-33-23-15-18(22(30)13-16-7-3-2-4-8-16)11-12-21(23)28-29-24-19-10-6-5-9-17(19)14-20(25(24)31)26(27)32/h2-12,14-15,31H,13H2,1H3,(H2,27,32). The quantitative estimate of drug-likeness (QED) is 0.292. The summed E-state index contributed by atoms with van der Waals surface area (Å²) in [4.78, 5) is 24.4. The molecular weight excluding hydrogens is 418 g/mol. The zero-order chi connectivity index (χ0) is 23.4. The molecular formula is C26H21N3O4. The third kappa shape index (κ3) is 4.57. The van der Waals surface area contributed by atoms with Gasteiger partial charge in [-0.3, -0.25) is 9.59 Å². The molecule has 0 saturated carbocycles. The Morgan fingerprint density at radius 2 is 1.67 bits per heavy atom. The van der Waals surface area contributed by atoms with Crippen LogP contribution >= 0.6 is 0 Å². The fourth-order valence-corrected chi connectivity index (χ4v) is 3.53. The molecule has 4 aromatic carbocycles. The van der Waals surface area contributed by atoms with E-state index < -0.39 is 5.91 Å². The van der Waals surface area contributed by atoms with E-state index in [0.29, 0.717) is 27.8 Å². The van der Waals surface area contributed by atoms with Crippen LogP contribution in [0.25, 0.3) is 10.8 Å². The lowest BCUT2D eigenvalue weighted by Crippen LogP contribution is -2.11. The lowest BCUT2D eigenvalue weighted by molar-refractivity contribution is 0.0986. The molecule has 0 atom stereocenters. The maximum Gasteiger partial charge on any atom is 0.252 e. The van der Waals surface area contributed by atoms with E-state index in [4.69, 9.17) is 10.5 Å². The van der Waals surface area contributed by atoms with Crippen molar-refractivity contribution < 1.29 is 19.4 Å². The monoisotopic (exact) mass is 439 g/mol. The first-order valence-electron chi connectivity index (χ1n) is 10.2. The molecule has 33 heavy (non-hydrogen) atoms. The summed E-state index contributed by atoms with van der Waals surface area (Å²) >= 11 is 0. The Bertz CT molecular complexity index is 1380. The van der Waals surface area contributed by atoms with Gasteiger partial charge in [-0.2, -0.15) is 0 Å². The second-order valence-electron chi connectivity index (χ2n) is 7.38. The van der Waals surface area contributed by atoms with Crippen LogP contribution in [0.4, 0.5) is 11.4 Å². The van der Waals surface area contributed by atoms with E-state index in [0.717, 1.165) is 5.56 Å². The number of aromatic hydroxyl groups is 1. The number of nitrogens with zero attached hydrogens (tertiary/aromatic N) is 2. The molecule has 0 aliphatic carbocycles. The Balaban J connectivity index is 1.69. The van der Waals surface area contributed by atoms with Crippen molar-refractivity contribution in [2.24, 2.45) is 16.0 Å². The van der Waals surface area contributed by atoms with Crippen molar-refractivity contribution in [3.63, 3.8) is 0 Å². The third-order valence-electron chi connectivity index (χ3n) is 5.23. The summed E-state index contributed by atoms with van der Waals surface area (Å²) in [6.45, 7) is 0. The molecule has 0 fully saturated rings. The van der Waals surface area contributed by atoms with E-state index in [2.05, 4.69) is 10.2 Å². The van der Waals surface area contributed by atoms with Crippen molar-refractivity contribution in [2.45, 2.75) is 6.42 Å². The molecule has 4 rings (SSSR count). The summed E-state index contributed by atoms with van der Waals surface area (Å²) in [6, 6.07) is 23.0.